The minimum Gasteiger partial charge on any atom is -0.461 e. The summed E-state index contributed by atoms with van der Waals surface area (Å²) in [5.74, 6) is -0.453. The first kappa shape index (κ1) is 16.9. The number of carbonyl (C=O) groups is 3. The lowest BCUT2D eigenvalue weighted by atomic mass is 9.80. The molecule has 1 aliphatic heterocycles. The van der Waals surface area contributed by atoms with Gasteiger partial charge in [0, 0.05) is 6.54 Å². The van der Waals surface area contributed by atoms with Crippen LogP contribution in [0.1, 0.15) is 52.4 Å². The fourth-order valence-corrected chi connectivity index (χ4v) is 3.24. The fourth-order valence-electron chi connectivity index (χ4n) is 3.24. The predicted octanol–water partition coefficient (Wildman–Crippen LogP) is 1.02. The van der Waals surface area contributed by atoms with Crippen molar-refractivity contribution >= 4 is 18.2 Å². The van der Waals surface area contributed by atoms with Crippen molar-refractivity contribution in [2.75, 3.05) is 6.54 Å². The number of hydrogen-bond donors (Lipinski definition) is 1. The maximum absolute atomic E-state index is 12.6. The summed E-state index contributed by atoms with van der Waals surface area (Å²) in [6, 6.07) is -0.644. The molecule has 1 aliphatic carbocycles. The van der Waals surface area contributed by atoms with E-state index >= 15 is 0 Å². The number of nitrogens with zero attached hydrogens (tertiary/aromatic N) is 1. The molecule has 2 N–H and O–H groups in total. The highest BCUT2D eigenvalue weighted by atomic mass is 16.5. The van der Waals surface area contributed by atoms with Crippen molar-refractivity contribution in [3.05, 3.63) is 0 Å². The van der Waals surface area contributed by atoms with Gasteiger partial charge in [-0.3, -0.25) is 4.79 Å². The van der Waals surface area contributed by atoms with Crippen LogP contribution in [0.4, 0.5) is 0 Å². The highest BCUT2D eigenvalue weighted by molar-refractivity contribution is 6.03. The molecular weight excluding hydrogens is 284 g/mol. The lowest BCUT2D eigenvalue weighted by Crippen LogP contribution is -2.59. The Hall–Kier alpha value is -1.43. The summed E-state index contributed by atoms with van der Waals surface area (Å²) >= 11 is 0. The molecule has 0 bridgehead atoms. The number of nitrogens with two attached hydrogens (primary N) is 1. The number of rotatable bonds is 6. The summed E-state index contributed by atoms with van der Waals surface area (Å²) in [5, 5.41) is 0. The summed E-state index contributed by atoms with van der Waals surface area (Å²) in [4.78, 5) is 38.0. The van der Waals surface area contributed by atoms with Crippen molar-refractivity contribution < 1.29 is 19.1 Å². The molecule has 2 fully saturated rings. The van der Waals surface area contributed by atoms with Crippen molar-refractivity contribution in [3.63, 3.8) is 0 Å². The Labute approximate surface area is 131 Å². The molecule has 1 saturated carbocycles. The summed E-state index contributed by atoms with van der Waals surface area (Å²) < 4.78 is 5.20. The highest BCUT2D eigenvalue weighted by Crippen LogP contribution is 2.33. The summed E-state index contributed by atoms with van der Waals surface area (Å²) in [5.41, 5.74) is 4.54. The molecule has 1 amide bonds. The Morgan fingerprint density at radius 1 is 1.36 bits per heavy atom. The second-order valence-corrected chi connectivity index (χ2v) is 6.73. The molecule has 22 heavy (non-hydrogen) atoms. The monoisotopic (exact) mass is 310 g/mol. The average molecular weight is 310 g/mol. The third-order valence-corrected chi connectivity index (χ3v) is 4.71. The summed E-state index contributed by atoms with van der Waals surface area (Å²) in [6.45, 7) is 3.82. The summed E-state index contributed by atoms with van der Waals surface area (Å²) in [6.07, 6.45) is 5.17. The number of amides is 1. The van der Waals surface area contributed by atoms with Gasteiger partial charge in [-0.15, -0.1) is 0 Å². The van der Waals surface area contributed by atoms with Gasteiger partial charge in [-0.25, -0.2) is 4.79 Å². The summed E-state index contributed by atoms with van der Waals surface area (Å²) in [7, 11) is 0. The highest BCUT2D eigenvalue weighted by Gasteiger charge is 2.52. The van der Waals surface area contributed by atoms with Gasteiger partial charge in [-0.05, 0) is 39.0 Å². The molecule has 1 heterocycles. The van der Waals surface area contributed by atoms with Crippen LogP contribution >= 0.6 is 0 Å². The van der Waals surface area contributed by atoms with Gasteiger partial charge in [0.15, 0.2) is 11.8 Å². The maximum atomic E-state index is 12.6. The van der Waals surface area contributed by atoms with Crippen LogP contribution in [0.25, 0.3) is 0 Å². The number of carbonyl (C=O) groups excluding carboxylic acids is 3. The zero-order chi connectivity index (χ0) is 16.3. The topological polar surface area (TPSA) is 89.7 Å². The second-order valence-electron chi connectivity index (χ2n) is 6.73. The predicted molar refractivity (Wildman–Crippen MR) is 80.9 cm³/mol. The lowest BCUT2D eigenvalue weighted by molar-refractivity contribution is -0.166. The number of ether oxygens (including phenoxy) is 1. The standard InChI is InChI=1S/C16H26N2O4/c1-11(2)22-15(21)16(10-19)7-4-8-18(16)14(20)13(17)9-12-5-3-6-12/h10-13H,3-9,17H2,1-2H3/t13-,16+/m1/s1. The van der Waals surface area contributed by atoms with E-state index in [0.717, 1.165) is 12.8 Å². The Bertz CT molecular complexity index is 447. The van der Waals surface area contributed by atoms with Gasteiger partial charge in [-0.1, -0.05) is 19.3 Å². The number of aldehydes is 1. The van der Waals surface area contributed by atoms with Crippen LogP contribution in [-0.4, -0.2) is 47.3 Å². The molecule has 0 unspecified atom stereocenters. The SMILES string of the molecule is CC(C)OC(=O)[C@@]1(C=O)CCCN1C(=O)[C@H](N)CC1CCC1. The van der Waals surface area contributed by atoms with Crippen molar-refractivity contribution in [2.24, 2.45) is 11.7 Å². The van der Waals surface area contributed by atoms with E-state index in [1.165, 1.54) is 11.3 Å². The van der Waals surface area contributed by atoms with Crippen molar-refractivity contribution in [1.82, 2.24) is 4.90 Å². The van der Waals surface area contributed by atoms with E-state index in [1.54, 1.807) is 13.8 Å². The molecule has 0 spiro atoms. The van der Waals surface area contributed by atoms with E-state index in [2.05, 4.69) is 0 Å². The van der Waals surface area contributed by atoms with E-state index in [9.17, 15) is 14.4 Å². The van der Waals surface area contributed by atoms with Gasteiger partial charge < -0.3 is 20.2 Å². The van der Waals surface area contributed by atoms with Gasteiger partial charge in [-0.2, -0.15) is 0 Å². The lowest BCUT2D eigenvalue weighted by Gasteiger charge is -2.35. The Morgan fingerprint density at radius 3 is 2.55 bits per heavy atom. The zero-order valence-electron chi connectivity index (χ0n) is 13.4. The number of esters is 1. The van der Waals surface area contributed by atoms with Crippen LogP contribution in [0.2, 0.25) is 0 Å². The van der Waals surface area contributed by atoms with Crippen molar-refractivity contribution in [1.29, 1.82) is 0 Å². The molecule has 1 saturated heterocycles. The molecule has 0 aromatic heterocycles. The average Bonchev–Trinajstić information content (AvgIpc) is 2.86. The normalized spacial score (nSPS) is 26.6. The van der Waals surface area contributed by atoms with Gasteiger partial charge in [0.05, 0.1) is 12.1 Å². The zero-order valence-corrected chi connectivity index (χ0v) is 13.4. The molecule has 2 atom stereocenters. The maximum Gasteiger partial charge on any atom is 0.339 e. The minimum atomic E-state index is -1.49. The van der Waals surface area contributed by atoms with Crippen molar-refractivity contribution in [3.8, 4) is 0 Å². The largest absolute Gasteiger partial charge is 0.461 e. The molecule has 6 nitrogen and oxygen atoms in total. The van der Waals surface area contributed by atoms with Crippen LogP contribution in [-0.2, 0) is 19.1 Å². The molecule has 0 aromatic carbocycles. The van der Waals surface area contributed by atoms with Crippen molar-refractivity contribution in [2.45, 2.75) is 70.1 Å². The number of likely N-dealkylation sites (tertiary alicyclic amines) is 1. The van der Waals surface area contributed by atoms with E-state index in [-0.39, 0.29) is 12.0 Å². The molecular formula is C16H26N2O4. The van der Waals surface area contributed by atoms with Gasteiger partial charge >= 0.3 is 5.97 Å². The Kier molecular flexibility index (Phi) is 5.21. The van der Waals surface area contributed by atoms with Gasteiger partial charge in [0.2, 0.25) is 5.91 Å². The van der Waals surface area contributed by atoms with Crippen LogP contribution < -0.4 is 5.73 Å². The first-order valence-electron chi connectivity index (χ1n) is 8.15. The van der Waals surface area contributed by atoms with Crippen LogP contribution in [0.5, 0.6) is 0 Å². The van der Waals surface area contributed by atoms with Crippen LogP contribution in [0.3, 0.4) is 0 Å². The van der Waals surface area contributed by atoms with E-state index < -0.39 is 17.6 Å². The third-order valence-electron chi connectivity index (χ3n) is 4.71. The third kappa shape index (κ3) is 3.16. The second kappa shape index (κ2) is 6.77. The molecule has 0 aromatic rings. The minimum absolute atomic E-state index is 0.308. The van der Waals surface area contributed by atoms with E-state index in [1.807, 2.05) is 0 Å². The van der Waals surface area contributed by atoms with Crippen LogP contribution in [0.15, 0.2) is 0 Å². The quantitative estimate of drug-likeness (QED) is 0.449. The first-order valence-corrected chi connectivity index (χ1v) is 8.15. The fraction of sp³-hybridized carbons (Fsp3) is 0.812. The Balaban J connectivity index is 2.10. The van der Waals surface area contributed by atoms with E-state index in [4.69, 9.17) is 10.5 Å². The molecule has 6 heteroatoms. The van der Waals surface area contributed by atoms with Gasteiger partial charge in [0.1, 0.15) is 0 Å². The molecule has 124 valence electrons. The molecule has 2 rings (SSSR count). The van der Waals surface area contributed by atoms with E-state index in [0.29, 0.717) is 38.0 Å². The molecule has 0 radical (unpaired) electrons. The number of hydrogen-bond acceptors (Lipinski definition) is 5. The smallest absolute Gasteiger partial charge is 0.339 e. The molecule has 2 aliphatic rings. The van der Waals surface area contributed by atoms with Crippen LogP contribution in [0, 0.1) is 5.92 Å². The Morgan fingerprint density at radius 2 is 2.05 bits per heavy atom. The first-order chi connectivity index (χ1) is 10.4. The van der Waals surface area contributed by atoms with Gasteiger partial charge in [0.25, 0.3) is 0 Å².